The highest BCUT2D eigenvalue weighted by Gasteiger charge is 2.37. The molecule has 0 spiro atoms. The molecule has 214 valence electrons. The summed E-state index contributed by atoms with van der Waals surface area (Å²) in [7, 11) is 0. The van der Waals surface area contributed by atoms with Crippen molar-refractivity contribution < 1.29 is 14.3 Å². The van der Waals surface area contributed by atoms with Gasteiger partial charge in [-0.15, -0.1) is 0 Å². The Morgan fingerprint density at radius 3 is 2.46 bits per heavy atom. The van der Waals surface area contributed by atoms with Crippen molar-refractivity contribution >= 4 is 17.5 Å². The number of carbonyl (C=O) groups excluding carboxylic acids is 2. The van der Waals surface area contributed by atoms with Crippen molar-refractivity contribution in [3.63, 3.8) is 0 Å². The second-order valence-corrected chi connectivity index (χ2v) is 12.7. The van der Waals surface area contributed by atoms with Crippen LogP contribution in [0.5, 0.6) is 0 Å². The van der Waals surface area contributed by atoms with Gasteiger partial charge < -0.3 is 19.9 Å². The summed E-state index contributed by atoms with van der Waals surface area (Å²) < 4.78 is 5.51. The molecule has 6 rings (SSSR count). The summed E-state index contributed by atoms with van der Waals surface area (Å²) in [6.07, 6.45) is 3.49. The maximum atomic E-state index is 14.1. The molecule has 2 heterocycles. The molecular formula is C35H41N3O3. The monoisotopic (exact) mass is 551 g/mol. The fourth-order valence-corrected chi connectivity index (χ4v) is 6.48. The molecule has 0 saturated carbocycles. The molecule has 3 aromatic carbocycles. The SMILES string of the molecule is CC(C)(C)c1ccc2c(c1)C(NC(=O)C1Cc3ccccc3CN1C(=O)c1cccc(N3CCOCC3)c1)CCC2. The Labute approximate surface area is 243 Å². The summed E-state index contributed by atoms with van der Waals surface area (Å²) in [6.45, 7) is 10.1. The maximum Gasteiger partial charge on any atom is 0.254 e. The third kappa shape index (κ3) is 5.76. The molecule has 1 aliphatic carbocycles. The Hall–Kier alpha value is -3.64. The number of hydrogen-bond acceptors (Lipinski definition) is 4. The Balaban J connectivity index is 1.28. The second-order valence-electron chi connectivity index (χ2n) is 12.7. The Kier molecular flexibility index (Phi) is 7.60. The van der Waals surface area contributed by atoms with E-state index in [4.69, 9.17) is 4.74 Å². The van der Waals surface area contributed by atoms with Gasteiger partial charge in [-0.2, -0.15) is 0 Å². The predicted octanol–water partition coefficient (Wildman–Crippen LogP) is 5.58. The fourth-order valence-electron chi connectivity index (χ4n) is 6.48. The van der Waals surface area contributed by atoms with E-state index in [0.717, 1.165) is 49.2 Å². The Morgan fingerprint density at radius 1 is 0.902 bits per heavy atom. The quantitative estimate of drug-likeness (QED) is 0.460. The molecule has 6 nitrogen and oxygen atoms in total. The first-order chi connectivity index (χ1) is 19.8. The van der Waals surface area contributed by atoms with Crippen molar-refractivity contribution in [1.82, 2.24) is 10.2 Å². The normalized spacial score (nSPS) is 20.7. The minimum atomic E-state index is -0.569. The van der Waals surface area contributed by atoms with Gasteiger partial charge in [0.2, 0.25) is 5.91 Å². The number of rotatable bonds is 4. The average molecular weight is 552 g/mol. The largest absolute Gasteiger partial charge is 0.378 e. The first-order valence-electron chi connectivity index (χ1n) is 15.0. The van der Waals surface area contributed by atoms with Crippen molar-refractivity contribution in [1.29, 1.82) is 0 Å². The molecule has 1 N–H and O–H groups in total. The van der Waals surface area contributed by atoms with Crippen molar-refractivity contribution in [2.24, 2.45) is 0 Å². The highest BCUT2D eigenvalue weighted by molar-refractivity contribution is 5.98. The van der Waals surface area contributed by atoms with Gasteiger partial charge in [-0.05, 0) is 70.7 Å². The van der Waals surface area contributed by atoms with Crippen LogP contribution in [-0.4, -0.2) is 49.1 Å². The van der Waals surface area contributed by atoms with E-state index in [1.807, 2.05) is 36.4 Å². The van der Waals surface area contributed by atoms with Gasteiger partial charge in [0.15, 0.2) is 0 Å². The van der Waals surface area contributed by atoms with E-state index in [1.54, 1.807) is 4.90 Å². The fraction of sp³-hybridized carbons (Fsp3) is 0.429. The number of carbonyl (C=O) groups is 2. The summed E-state index contributed by atoms with van der Waals surface area (Å²) in [4.78, 5) is 32.2. The third-order valence-corrected chi connectivity index (χ3v) is 8.92. The van der Waals surface area contributed by atoms with Gasteiger partial charge in [0.05, 0.1) is 19.3 Å². The Morgan fingerprint density at radius 2 is 1.68 bits per heavy atom. The standard InChI is InChI=1S/C35H41N3O3/c1-35(2,3)28-15-14-24-10-7-13-31(30(24)22-28)36-33(39)32-21-25-8-4-5-9-27(25)23-38(32)34(40)26-11-6-12-29(20-26)37-16-18-41-19-17-37/h4-6,8-9,11-12,14-15,20,22,31-32H,7,10,13,16-19,21,23H2,1-3H3,(H,36,39). The lowest BCUT2D eigenvalue weighted by Crippen LogP contribution is -2.53. The minimum Gasteiger partial charge on any atom is -0.378 e. The lowest BCUT2D eigenvalue weighted by Gasteiger charge is -2.38. The molecule has 2 aliphatic heterocycles. The average Bonchev–Trinajstić information content (AvgIpc) is 3.00. The zero-order valence-corrected chi connectivity index (χ0v) is 24.5. The van der Waals surface area contributed by atoms with Crippen LogP contribution in [0, 0.1) is 0 Å². The van der Waals surface area contributed by atoms with Crippen LogP contribution in [0.1, 0.15) is 77.8 Å². The van der Waals surface area contributed by atoms with E-state index in [1.165, 1.54) is 16.7 Å². The highest BCUT2D eigenvalue weighted by Crippen LogP contribution is 2.35. The van der Waals surface area contributed by atoms with Gasteiger partial charge in [0, 0.05) is 37.3 Å². The molecule has 0 radical (unpaired) electrons. The van der Waals surface area contributed by atoms with Gasteiger partial charge in [-0.25, -0.2) is 0 Å². The molecule has 6 heteroatoms. The number of anilines is 1. The molecule has 41 heavy (non-hydrogen) atoms. The molecule has 3 aromatic rings. The predicted molar refractivity (Wildman–Crippen MR) is 162 cm³/mol. The summed E-state index contributed by atoms with van der Waals surface area (Å²) in [5.74, 6) is -0.176. The first kappa shape index (κ1) is 27.5. The van der Waals surface area contributed by atoms with Crippen LogP contribution in [0.2, 0.25) is 0 Å². The highest BCUT2D eigenvalue weighted by atomic mass is 16.5. The maximum absolute atomic E-state index is 14.1. The van der Waals surface area contributed by atoms with Gasteiger partial charge in [-0.3, -0.25) is 9.59 Å². The molecule has 0 aromatic heterocycles. The van der Waals surface area contributed by atoms with Gasteiger partial charge in [0.1, 0.15) is 6.04 Å². The number of nitrogens with one attached hydrogen (secondary N) is 1. The van der Waals surface area contributed by atoms with E-state index >= 15 is 0 Å². The van der Waals surface area contributed by atoms with Crippen molar-refractivity contribution in [3.8, 4) is 0 Å². The van der Waals surface area contributed by atoms with E-state index < -0.39 is 6.04 Å². The van der Waals surface area contributed by atoms with Crippen LogP contribution in [0.4, 0.5) is 5.69 Å². The molecule has 2 unspecified atom stereocenters. The molecule has 0 bridgehead atoms. The summed E-state index contributed by atoms with van der Waals surface area (Å²) in [5, 5.41) is 3.40. The lowest BCUT2D eigenvalue weighted by molar-refractivity contribution is -0.127. The van der Waals surface area contributed by atoms with Crippen LogP contribution in [0.25, 0.3) is 0 Å². The van der Waals surface area contributed by atoms with Gasteiger partial charge in [-0.1, -0.05) is 69.3 Å². The number of aryl methyl sites for hydroxylation is 1. The topological polar surface area (TPSA) is 61.9 Å². The molecule has 2 amide bonds. The molecule has 3 aliphatic rings. The Bertz CT molecular complexity index is 1440. The number of ether oxygens (including phenoxy) is 1. The third-order valence-electron chi connectivity index (χ3n) is 8.92. The number of benzene rings is 3. The number of hydrogen-bond donors (Lipinski definition) is 1. The van der Waals surface area contributed by atoms with E-state index in [-0.39, 0.29) is 23.3 Å². The van der Waals surface area contributed by atoms with Crippen LogP contribution in [-0.2, 0) is 34.3 Å². The van der Waals surface area contributed by atoms with Gasteiger partial charge in [0.25, 0.3) is 5.91 Å². The van der Waals surface area contributed by atoms with E-state index in [0.29, 0.717) is 31.7 Å². The lowest BCUT2D eigenvalue weighted by atomic mass is 9.80. The van der Waals surface area contributed by atoms with E-state index in [2.05, 4.69) is 61.3 Å². The summed E-state index contributed by atoms with van der Waals surface area (Å²) in [5.41, 5.74) is 7.73. The first-order valence-corrected chi connectivity index (χ1v) is 15.0. The molecular weight excluding hydrogens is 510 g/mol. The summed E-state index contributed by atoms with van der Waals surface area (Å²) >= 11 is 0. The number of nitrogens with zero attached hydrogens (tertiary/aromatic N) is 2. The molecule has 1 saturated heterocycles. The molecule has 1 fully saturated rings. The van der Waals surface area contributed by atoms with Crippen LogP contribution in [0.3, 0.4) is 0 Å². The van der Waals surface area contributed by atoms with Crippen molar-refractivity contribution in [2.45, 2.75) is 70.5 Å². The second kappa shape index (κ2) is 11.3. The van der Waals surface area contributed by atoms with Crippen molar-refractivity contribution in [3.05, 3.63) is 100 Å². The van der Waals surface area contributed by atoms with E-state index in [9.17, 15) is 9.59 Å². The number of fused-ring (bicyclic) bond motifs is 2. The smallest absolute Gasteiger partial charge is 0.254 e. The summed E-state index contributed by atoms with van der Waals surface area (Å²) in [6, 6.07) is 22.1. The van der Waals surface area contributed by atoms with Crippen molar-refractivity contribution in [2.75, 3.05) is 31.2 Å². The van der Waals surface area contributed by atoms with Crippen LogP contribution in [0.15, 0.2) is 66.7 Å². The molecule has 2 atom stereocenters. The zero-order chi connectivity index (χ0) is 28.6. The number of amides is 2. The van der Waals surface area contributed by atoms with Crippen LogP contribution >= 0.6 is 0 Å². The zero-order valence-electron chi connectivity index (χ0n) is 24.5. The van der Waals surface area contributed by atoms with Crippen LogP contribution < -0.4 is 10.2 Å². The minimum absolute atomic E-state index is 0.0348. The van der Waals surface area contributed by atoms with Gasteiger partial charge >= 0.3 is 0 Å². The number of morpholine rings is 1.